The molecule has 0 unspecified atom stereocenters. The quantitative estimate of drug-likeness (QED) is 0.193. The van der Waals surface area contributed by atoms with E-state index in [1.54, 1.807) is 16.8 Å². The van der Waals surface area contributed by atoms with E-state index in [2.05, 4.69) is 65.2 Å². The van der Waals surface area contributed by atoms with Crippen LogP contribution in [-0.2, 0) is 11.2 Å². The van der Waals surface area contributed by atoms with Crippen LogP contribution in [-0.4, -0.2) is 43.0 Å². The number of aliphatic imine (C=N–C) groups is 1. The van der Waals surface area contributed by atoms with Gasteiger partial charge < -0.3 is 20.2 Å². The van der Waals surface area contributed by atoms with Crippen LogP contribution >= 0.6 is 15.9 Å². The Kier molecular flexibility index (Phi) is 7.50. The highest BCUT2D eigenvalue weighted by Crippen LogP contribution is 2.39. The van der Waals surface area contributed by atoms with Gasteiger partial charge in [0.25, 0.3) is 8.32 Å². The van der Waals surface area contributed by atoms with E-state index in [1.807, 2.05) is 19.2 Å². The molecule has 4 rings (SSSR count). The van der Waals surface area contributed by atoms with Crippen molar-refractivity contribution in [3.8, 4) is 5.75 Å². The molecule has 3 heterocycles. The number of fused-ring (bicyclic) bond motifs is 1. The van der Waals surface area contributed by atoms with Crippen LogP contribution in [0.1, 0.15) is 45.2 Å². The summed E-state index contributed by atoms with van der Waals surface area (Å²) in [4.78, 5) is 4.67. The van der Waals surface area contributed by atoms with Crippen LogP contribution in [0.2, 0.25) is 18.1 Å². The highest BCUT2D eigenvalue weighted by Gasteiger charge is 2.39. The summed E-state index contributed by atoms with van der Waals surface area (Å²) < 4.78 is 29.7. The Bertz CT molecular complexity index is 1300. The summed E-state index contributed by atoms with van der Waals surface area (Å²) >= 11 is 3.53. The van der Waals surface area contributed by atoms with Crippen molar-refractivity contribution in [2.24, 2.45) is 10.7 Å². The van der Waals surface area contributed by atoms with E-state index in [4.69, 9.17) is 14.9 Å². The maximum Gasteiger partial charge on any atom is 0.250 e. The van der Waals surface area contributed by atoms with E-state index >= 15 is 4.39 Å². The van der Waals surface area contributed by atoms with E-state index in [0.29, 0.717) is 30.9 Å². The van der Waals surface area contributed by atoms with Crippen LogP contribution in [0.3, 0.4) is 0 Å². The molecule has 36 heavy (non-hydrogen) atoms. The normalized spacial score (nSPS) is 17.1. The smallest absolute Gasteiger partial charge is 0.250 e. The summed E-state index contributed by atoms with van der Waals surface area (Å²) in [5, 5.41) is 8.03. The van der Waals surface area contributed by atoms with Crippen molar-refractivity contribution in [3.63, 3.8) is 0 Å². The number of amidine groups is 1. The monoisotopic (exact) mass is 575 g/mol. The predicted molar refractivity (Wildman–Crippen MR) is 150 cm³/mol. The van der Waals surface area contributed by atoms with Crippen molar-refractivity contribution in [2.75, 3.05) is 18.5 Å². The lowest BCUT2D eigenvalue weighted by atomic mass is 10.1. The van der Waals surface area contributed by atoms with Crippen LogP contribution < -0.4 is 15.5 Å². The van der Waals surface area contributed by atoms with E-state index in [1.165, 1.54) is 6.07 Å². The molecule has 3 aromatic rings. The Morgan fingerprint density at radius 3 is 2.75 bits per heavy atom. The Labute approximate surface area is 221 Å². The third kappa shape index (κ3) is 5.45. The summed E-state index contributed by atoms with van der Waals surface area (Å²) in [5.41, 5.74) is 10.2. The van der Waals surface area contributed by atoms with E-state index in [-0.39, 0.29) is 22.7 Å². The molecule has 0 saturated carbocycles. The number of hydrogen-bond acceptors (Lipinski definition) is 5. The molecule has 3 N–H and O–H groups in total. The van der Waals surface area contributed by atoms with Gasteiger partial charge in [0.15, 0.2) is 5.82 Å². The molecule has 7 nitrogen and oxygen atoms in total. The molecule has 0 radical (unpaired) electrons. The second-order valence-electron chi connectivity index (χ2n) is 10.8. The zero-order valence-electron chi connectivity index (χ0n) is 21.8. The number of aromatic nitrogens is 2. The van der Waals surface area contributed by atoms with Crippen molar-refractivity contribution in [1.82, 2.24) is 9.61 Å². The number of anilines is 1. The van der Waals surface area contributed by atoms with Gasteiger partial charge in [-0.05, 0) is 64.6 Å². The lowest BCUT2D eigenvalue weighted by Gasteiger charge is -2.36. The standard InChI is InChI=1S/C26H35BrFN5O2Si/c1-7-16-10-23(35-36(5,6)26(2,3)4)20(28)12-21(16)32-25(29)19-13-30-33-14-17(27)11-22(33)24(19)31-18-8-9-34-15-18/h10-14,18,31H,7-9,15H2,1-6H3,(H2,29,32)/t18-/m1/s1. The maximum atomic E-state index is 15.2. The van der Waals surface area contributed by atoms with E-state index in [0.717, 1.165) is 27.7 Å². The van der Waals surface area contributed by atoms with E-state index < -0.39 is 14.1 Å². The predicted octanol–water partition coefficient (Wildman–Crippen LogP) is 6.42. The fraction of sp³-hybridized carbons (Fsp3) is 0.462. The number of nitrogens with one attached hydrogen (secondary N) is 1. The number of aryl methyl sites for hydroxylation is 1. The lowest BCUT2D eigenvalue weighted by Crippen LogP contribution is -2.44. The second-order valence-corrected chi connectivity index (χ2v) is 16.4. The summed E-state index contributed by atoms with van der Waals surface area (Å²) in [6, 6.07) is 5.33. The number of hydrogen-bond donors (Lipinski definition) is 2. The molecule has 1 aromatic carbocycles. The molecule has 1 aliphatic heterocycles. The number of nitrogens with zero attached hydrogens (tertiary/aromatic N) is 3. The van der Waals surface area contributed by atoms with Crippen LogP contribution in [0, 0.1) is 5.82 Å². The third-order valence-electron chi connectivity index (χ3n) is 7.08. The fourth-order valence-electron chi connectivity index (χ4n) is 3.89. The largest absolute Gasteiger partial charge is 0.542 e. The van der Waals surface area contributed by atoms with Gasteiger partial charge in [0.2, 0.25) is 0 Å². The zero-order valence-corrected chi connectivity index (χ0v) is 24.4. The molecular weight excluding hydrogens is 541 g/mol. The number of rotatable bonds is 7. The molecule has 0 aliphatic carbocycles. The first-order valence-electron chi connectivity index (χ1n) is 12.3. The molecule has 0 spiro atoms. The van der Waals surface area contributed by atoms with Crippen molar-refractivity contribution >= 4 is 47.0 Å². The molecule has 2 aromatic heterocycles. The topological polar surface area (TPSA) is 86.2 Å². The summed E-state index contributed by atoms with van der Waals surface area (Å²) in [7, 11) is -2.20. The van der Waals surface area contributed by atoms with Crippen LogP contribution in [0.15, 0.2) is 40.1 Å². The fourth-order valence-corrected chi connectivity index (χ4v) is 5.32. The molecule has 194 valence electrons. The number of nitrogens with two attached hydrogens (primary N) is 1. The van der Waals surface area contributed by atoms with Crippen LogP contribution in [0.25, 0.3) is 5.52 Å². The highest BCUT2D eigenvalue weighted by molar-refractivity contribution is 9.10. The summed E-state index contributed by atoms with van der Waals surface area (Å²) in [6.07, 6.45) is 5.13. The molecule has 1 fully saturated rings. The van der Waals surface area contributed by atoms with Crippen molar-refractivity contribution in [1.29, 1.82) is 0 Å². The van der Waals surface area contributed by atoms with Gasteiger partial charge in [0.05, 0.1) is 41.3 Å². The number of halogens is 2. The molecule has 0 bridgehead atoms. The molecule has 1 aliphatic rings. The summed E-state index contributed by atoms with van der Waals surface area (Å²) in [5.74, 6) is 0.103. The number of ether oxygens (including phenoxy) is 1. The summed E-state index contributed by atoms with van der Waals surface area (Å²) in [6.45, 7) is 14.0. The molecule has 0 amide bonds. The third-order valence-corrected chi connectivity index (χ3v) is 11.9. The van der Waals surface area contributed by atoms with Gasteiger partial charge in [0.1, 0.15) is 11.6 Å². The van der Waals surface area contributed by atoms with Crippen molar-refractivity contribution in [2.45, 2.75) is 64.7 Å². The Hall–Kier alpha value is -2.43. The first-order chi connectivity index (χ1) is 16.9. The maximum absolute atomic E-state index is 15.2. The van der Waals surface area contributed by atoms with Gasteiger partial charge in [-0.25, -0.2) is 13.9 Å². The molecule has 1 saturated heterocycles. The van der Waals surface area contributed by atoms with Crippen molar-refractivity contribution in [3.05, 3.63) is 52.0 Å². The Morgan fingerprint density at radius 2 is 2.11 bits per heavy atom. The van der Waals surface area contributed by atoms with Gasteiger partial charge in [-0.15, -0.1) is 0 Å². The lowest BCUT2D eigenvalue weighted by molar-refractivity contribution is 0.195. The number of benzene rings is 1. The minimum atomic E-state index is -2.20. The van der Waals surface area contributed by atoms with Crippen LogP contribution in [0.4, 0.5) is 15.8 Å². The minimum absolute atomic E-state index is 0.0414. The van der Waals surface area contributed by atoms with E-state index in [9.17, 15) is 0 Å². The average Bonchev–Trinajstić information content (AvgIpc) is 3.43. The van der Waals surface area contributed by atoms with Gasteiger partial charge in [-0.1, -0.05) is 27.7 Å². The average molecular weight is 577 g/mol. The second kappa shape index (κ2) is 10.1. The first kappa shape index (κ1) is 26.6. The van der Waals surface area contributed by atoms with Gasteiger partial charge >= 0.3 is 0 Å². The molecule has 10 heteroatoms. The Morgan fingerprint density at radius 1 is 1.36 bits per heavy atom. The Balaban J connectivity index is 1.74. The van der Waals surface area contributed by atoms with Gasteiger partial charge in [-0.2, -0.15) is 5.10 Å². The zero-order chi connectivity index (χ0) is 26.3. The van der Waals surface area contributed by atoms with Crippen LogP contribution in [0.5, 0.6) is 5.75 Å². The molecular formula is C26H35BrFN5O2Si. The first-order valence-corrected chi connectivity index (χ1v) is 16.0. The van der Waals surface area contributed by atoms with Gasteiger partial charge in [-0.3, -0.25) is 0 Å². The van der Waals surface area contributed by atoms with Gasteiger partial charge in [0, 0.05) is 23.3 Å². The molecule has 1 atom stereocenters. The highest BCUT2D eigenvalue weighted by atomic mass is 79.9. The SMILES string of the molecule is CCc1cc(O[Si](C)(C)C(C)(C)C)c(F)cc1N=C(N)c1cnn2cc(Br)cc2c1N[C@@H]1CCOC1. The minimum Gasteiger partial charge on any atom is -0.542 e. The van der Waals surface area contributed by atoms with Crippen molar-refractivity contribution < 1.29 is 13.6 Å².